The highest BCUT2D eigenvalue weighted by atomic mass is 127. The van der Waals surface area contributed by atoms with Crippen molar-refractivity contribution < 1.29 is 18.0 Å². The Labute approximate surface area is 172 Å². The van der Waals surface area contributed by atoms with Gasteiger partial charge in [-0.3, -0.25) is 9.79 Å². The molecule has 26 heavy (non-hydrogen) atoms. The second-order valence-corrected chi connectivity index (χ2v) is 7.25. The minimum atomic E-state index is -4.41. The zero-order valence-corrected chi connectivity index (χ0v) is 18.3. The fraction of sp³-hybridized carbons (Fsp3) is 0.667. The molecule has 1 heterocycles. The highest BCUT2D eigenvalue weighted by Crippen LogP contribution is 2.29. The first-order chi connectivity index (χ1) is 11.5. The zero-order chi connectivity index (χ0) is 19.1. The Morgan fingerprint density at radius 3 is 2.23 bits per heavy atom. The summed E-state index contributed by atoms with van der Waals surface area (Å²) in [6.45, 7) is 6.82. The predicted molar refractivity (Wildman–Crippen MR) is 108 cm³/mol. The van der Waals surface area contributed by atoms with Crippen LogP contribution in [0.5, 0.6) is 0 Å². The maximum absolute atomic E-state index is 12.5. The van der Waals surface area contributed by atoms with Gasteiger partial charge in [-0.15, -0.1) is 35.3 Å². The molecule has 0 fully saturated rings. The van der Waals surface area contributed by atoms with E-state index in [4.69, 9.17) is 0 Å². The van der Waals surface area contributed by atoms with E-state index < -0.39 is 17.3 Å². The van der Waals surface area contributed by atoms with Crippen LogP contribution in [0.3, 0.4) is 0 Å². The number of aliphatic imine (C=N–C) groups is 1. The van der Waals surface area contributed by atoms with E-state index in [1.165, 1.54) is 0 Å². The number of hydrogen-bond donors (Lipinski definition) is 3. The number of guanidine groups is 1. The van der Waals surface area contributed by atoms with Crippen LogP contribution in [0.15, 0.2) is 10.4 Å². The quantitative estimate of drug-likeness (QED) is 0.240. The Bertz CT molecular complexity index is 599. The molecule has 0 aromatic carbocycles. The summed E-state index contributed by atoms with van der Waals surface area (Å²) in [4.78, 5) is 19.3. The van der Waals surface area contributed by atoms with Crippen LogP contribution in [-0.2, 0) is 17.4 Å². The van der Waals surface area contributed by atoms with Crippen LogP contribution in [-0.4, -0.2) is 43.5 Å². The molecular weight excluding hydrogens is 482 g/mol. The first kappa shape index (κ1) is 24.9. The number of carbonyl (C=O) groups is 1. The largest absolute Gasteiger partial charge is 0.434 e. The summed E-state index contributed by atoms with van der Waals surface area (Å²) in [5.74, 6) is 0.471. The minimum Gasteiger partial charge on any atom is -0.356 e. The molecule has 0 bridgehead atoms. The number of rotatable bonds is 6. The van der Waals surface area contributed by atoms with Crippen molar-refractivity contribution in [2.75, 3.05) is 26.7 Å². The van der Waals surface area contributed by atoms with E-state index in [0.29, 0.717) is 37.0 Å². The summed E-state index contributed by atoms with van der Waals surface area (Å²) in [5, 5.41) is 10.2. The summed E-state index contributed by atoms with van der Waals surface area (Å²) in [6, 6.07) is 0. The smallest absolute Gasteiger partial charge is 0.356 e. The molecule has 1 aromatic rings. The average Bonchev–Trinajstić information content (AvgIpc) is 2.97. The summed E-state index contributed by atoms with van der Waals surface area (Å²) in [7, 11) is 1.59. The summed E-state index contributed by atoms with van der Waals surface area (Å²) in [5.41, 5.74) is -1.30. The Kier molecular flexibility index (Phi) is 10.4. The van der Waals surface area contributed by atoms with Gasteiger partial charge < -0.3 is 16.0 Å². The first-order valence-electron chi connectivity index (χ1n) is 7.78. The molecule has 0 unspecified atom stereocenters. The van der Waals surface area contributed by atoms with Gasteiger partial charge in [0.2, 0.25) is 5.91 Å². The van der Waals surface area contributed by atoms with E-state index in [-0.39, 0.29) is 29.9 Å². The Morgan fingerprint density at radius 2 is 1.73 bits per heavy atom. The van der Waals surface area contributed by atoms with E-state index in [2.05, 4.69) is 25.9 Å². The predicted octanol–water partition coefficient (Wildman–Crippen LogP) is 2.65. The lowest BCUT2D eigenvalue weighted by molar-refractivity contribution is -0.140. The van der Waals surface area contributed by atoms with Gasteiger partial charge in [-0.2, -0.15) is 13.2 Å². The van der Waals surface area contributed by atoms with Gasteiger partial charge in [0.05, 0.1) is 5.01 Å². The molecule has 0 radical (unpaired) electrons. The van der Waals surface area contributed by atoms with Gasteiger partial charge in [-0.1, -0.05) is 20.8 Å². The molecule has 0 saturated heterocycles. The molecule has 0 saturated carbocycles. The Morgan fingerprint density at radius 1 is 1.15 bits per heavy atom. The summed E-state index contributed by atoms with van der Waals surface area (Å²) < 4.78 is 37.4. The summed E-state index contributed by atoms with van der Waals surface area (Å²) >= 11 is 0.984. The van der Waals surface area contributed by atoms with Gasteiger partial charge in [0.25, 0.3) is 0 Å². The fourth-order valence-electron chi connectivity index (χ4n) is 1.69. The fourth-order valence-corrected chi connectivity index (χ4v) is 2.49. The van der Waals surface area contributed by atoms with Crippen molar-refractivity contribution in [3.05, 3.63) is 16.1 Å². The third-order valence-electron chi connectivity index (χ3n) is 3.08. The molecule has 0 aliphatic carbocycles. The molecule has 0 aliphatic heterocycles. The van der Waals surface area contributed by atoms with E-state index in [1.807, 2.05) is 20.8 Å². The van der Waals surface area contributed by atoms with Crippen LogP contribution in [0, 0.1) is 5.41 Å². The lowest BCUT2D eigenvalue weighted by Crippen LogP contribution is -2.43. The lowest BCUT2D eigenvalue weighted by Gasteiger charge is -2.18. The number of nitrogens with zero attached hydrogens (tertiary/aromatic N) is 2. The van der Waals surface area contributed by atoms with Crippen molar-refractivity contribution in [3.63, 3.8) is 0 Å². The average molecular weight is 507 g/mol. The normalized spacial score (nSPS) is 12.3. The van der Waals surface area contributed by atoms with Crippen molar-refractivity contribution in [3.8, 4) is 0 Å². The monoisotopic (exact) mass is 507 g/mol. The van der Waals surface area contributed by atoms with E-state index in [9.17, 15) is 18.0 Å². The number of halogens is 4. The Hall–Kier alpha value is -1.11. The third kappa shape index (κ3) is 9.01. The minimum absolute atomic E-state index is 0. The van der Waals surface area contributed by atoms with Gasteiger partial charge in [-0.25, -0.2) is 4.98 Å². The zero-order valence-electron chi connectivity index (χ0n) is 15.2. The SMILES string of the molecule is CN=C(NCCNC(=O)C(C)(C)C)NCCc1nc(C(F)(F)F)cs1.I. The maximum Gasteiger partial charge on any atom is 0.434 e. The second-order valence-electron chi connectivity index (χ2n) is 6.31. The molecule has 0 atom stereocenters. The standard InChI is InChI=1S/C15H24F3N5OS.HI/c1-14(2,3)12(24)20-7-8-22-13(19-4)21-6-5-11-23-10(9-25-11)15(16,17)18;/h9H,5-8H2,1-4H3,(H,20,24)(H2,19,21,22);1H. The number of nitrogens with one attached hydrogen (secondary N) is 3. The van der Waals surface area contributed by atoms with Crippen LogP contribution in [0.1, 0.15) is 31.5 Å². The van der Waals surface area contributed by atoms with Gasteiger partial charge in [0, 0.05) is 43.9 Å². The maximum atomic E-state index is 12.5. The van der Waals surface area contributed by atoms with Crippen molar-refractivity contribution >= 4 is 47.2 Å². The topological polar surface area (TPSA) is 78.4 Å². The molecule has 1 amide bonds. The third-order valence-corrected chi connectivity index (χ3v) is 3.99. The van der Waals surface area contributed by atoms with Gasteiger partial charge in [-0.05, 0) is 0 Å². The molecule has 0 aliphatic rings. The van der Waals surface area contributed by atoms with Gasteiger partial charge in [0.15, 0.2) is 11.7 Å². The van der Waals surface area contributed by atoms with Crippen LogP contribution in [0.25, 0.3) is 0 Å². The van der Waals surface area contributed by atoms with Crippen LogP contribution in [0.2, 0.25) is 0 Å². The van der Waals surface area contributed by atoms with Crippen molar-refractivity contribution in [2.24, 2.45) is 10.4 Å². The second kappa shape index (κ2) is 10.9. The molecule has 1 rings (SSSR count). The first-order valence-corrected chi connectivity index (χ1v) is 8.66. The number of aromatic nitrogens is 1. The number of hydrogen-bond acceptors (Lipinski definition) is 4. The molecule has 0 spiro atoms. The van der Waals surface area contributed by atoms with Crippen molar-refractivity contribution in [1.82, 2.24) is 20.9 Å². The van der Waals surface area contributed by atoms with E-state index in [0.717, 1.165) is 16.7 Å². The molecule has 11 heteroatoms. The highest BCUT2D eigenvalue weighted by Gasteiger charge is 2.33. The molecule has 3 N–H and O–H groups in total. The number of alkyl halides is 3. The highest BCUT2D eigenvalue weighted by molar-refractivity contribution is 14.0. The van der Waals surface area contributed by atoms with Crippen LogP contribution >= 0.6 is 35.3 Å². The Balaban J connectivity index is 0.00000625. The van der Waals surface area contributed by atoms with Crippen LogP contribution in [0.4, 0.5) is 13.2 Å². The summed E-state index contributed by atoms with van der Waals surface area (Å²) in [6.07, 6.45) is -4.04. The van der Waals surface area contributed by atoms with E-state index >= 15 is 0 Å². The number of carbonyl (C=O) groups excluding carboxylic acids is 1. The molecular formula is C15H25F3IN5OS. The number of amides is 1. The molecule has 150 valence electrons. The lowest BCUT2D eigenvalue weighted by atomic mass is 9.96. The van der Waals surface area contributed by atoms with Crippen molar-refractivity contribution in [2.45, 2.75) is 33.4 Å². The molecule has 1 aromatic heterocycles. The van der Waals surface area contributed by atoms with Gasteiger partial charge in [0.1, 0.15) is 0 Å². The van der Waals surface area contributed by atoms with Gasteiger partial charge >= 0.3 is 6.18 Å². The van der Waals surface area contributed by atoms with Crippen molar-refractivity contribution in [1.29, 1.82) is 0 Å². The molecule has 6 nitrogen and oxygen atoms in total. The number of thiazole rings is 1. The van der Waals surface area contributed by atoms with E-state index in [1.54, 1.807) is 7.05 Å². The van der Waals surface area contributed by atoms with Crippen LogP contribution < -0.4 is 16.0 Å².